The first kappa shape index (κ1) is 20.5. The van der Waals surface area contributed by atoms with E-state index in [0.29, 0.717) is 22.2 Å². The lowest BCUT2D eigenvalue weighted by molar-refractivity contribution is 0.0692. The van der Waals surface area contributed by atoms with E-state index >= 15 is 0 Å². The van der Waals surface area contributed by atoms with Crippen molar-refractivity contribution in [1.29, 1.82) is 0 Å². The molecule has 0 bridgehead atoms. The van der Waals surface area contributed by atoms with Gasteiger partial charge in [-0.25, -0.2) is 17.6 Å². The maximum Gasteiger partial charge on any atom is 0.338 e. The lowest BCUT2D eigenvalue weighted by Crippen LogP contribution is -2.14. The minimum Gasteiger partial charge on any atom is -0.478 e. The highest BCUT2D eigenvalue weighted by Gasteiger charge is 2.22. The Hall–Kier alpha value is -3.72. The Morgan fingerprint density at radius 1 is 1.06 bits per heavy atom. The Bertz CT molecular complexity index is 1420. The monoisotopic (exact) mass is 440 g/mol. The second-order valence-electron chi connectivity index (χ2n) is 6.96. The van der Waals surface area contributed by atoms with E-state index in [-0.39, 0.29) is 10.6 Å². The SMILES string of the molecule is Cc1noc(C)c1-c1ccc(S(=O)(=O)Nc2ccc(F)c(C(=O)O)c2)c2ccccc12. The second kappa shape index (κ2) is 7.51. The first-order valence-corrected chi connectivity index (χ1v) is 10.7. The van der Waals surface area contributed by atoms with Gasteiger partial charge >= 0.3 is 5.97 Å². The second-order valence-corrected chi connectivity index (χ2v) is 8.61. The fourth-order valence-electron chi connectivity index (χ4n) is 3.55. The Morgan fingerprint density at radius 3 is 2.42 bits per heavy atom. The summed E-state index contributed by atoms with van der Waals surface area (Å²) in [5.41, 5.74) is 1.57. The van der Waals surface area contributed by atoms with Gasteiger partial charge in [-0.3, -0.25) is 4.72 Å². The molecule has 9 heteroatoms. The summed E-state index contributed by atoms with van der Waals surface area (Å²) in [5, 5.41) is 14.2. The molecule has 4 aromatic rings. The molecule has 0 aliphatic rings. The molecule has 0 saturated carbocycles. The summed E-state index contributed by atoms with van der Waals surface area (Å²) in [6, 6.07) is 13.2. The molecule has 3 aromatic carbocycles. The molecule has 7 nitrogen and oxygen atoms in total. The number of fused-ring (bicyclic) bond motifs is 1. The third kappa shape index (κ3) is 3.64. The molecule has 0 aliphatic heterocycles. The van der Waals surface area contributed by atoms with Crippen molar-refractivity contribution in [3.05, 3.63) is 77.4 Å². The van der Waals surface area contributed by atoms with Crippen LogP contribution in [0.3, 0.4) is 0 Å². The van der Waals surface area contributed by atoms with Gasteiger partial charge in [-0.05, 0) is 49.1 Å². The third-order valence-electron chi connectivity index (χ3n) is 4.93. The number of aromatic carboxylic acids is 1. The topological polar surface area (TPSA) is 110 Å². The van der Waals surface area contributed by atoms with Crippen LogP contribution in [0.5, 0.6) is 0 Å². The van der Waals surface area contributed by atoms with Gasteiger partial charge in [0, 0.05) is 16.6 Å². The van der Waals surface area contributed by atoms with Crippen LogP contribution in [-0.4, -0.2) is 24.7 Å². The van der Waals surface area contributed by atoms with E-state index < -0.39 is 27.4 Å². The normalized spacial score (nSPS) is 11.6. The largest absolute Gasteiger partial charge is 0.478 e. The molecule has 1 aromatic heterocycles. The molecule has 0 radical (unpaired) electrons. The van der Waals surface area contributed by atoms with E-state index in [4.69, 9.17) is 9.63 Å². The first-order chi connectivity index (χ1) is 14.7. The molecular formula is C22H17FN2O5S. The zero-order chi connectivity index (χ0) is 22.3. The molecule has 0 unspecified atom stereocenters. The summed E-state index contributed by atoms with van der Waals surface area (Å²) in [4.78, 5) is 11.2. The molecular weight excluding hydrogens is 423 g/mol. The van der Waals surface area contributed by atoms with Crippen molar-refractivity contribution >= 4 is 32.5 Å². The van der Waals surface area contributed by atoms with E-state index in [1.165, 1.54) is 12.1 Å². The minimum atomic E-state index is -4.11. The molecule has 4 rings (SSSR count). The van der Waals surface area contributed by atoms with Gasteiger partial charge in [0.1, 0.15) is 11.6 Å². The average Bonchev–Trinajstić information content (AvgIpc) is 3.06. The van der Waals surface area contributed by atoms with Crippen molar-refractivity contribution in [2.45, 2.75) is 18.7 Å². The molecule has 0 fully saturated rings. The highest BCUT2D eigenvalue weighted by molar-refractivity contribution is 7.93. The van der Waals surface area contributed by atoms with Crippen LogP contribution >= 0.6 is 0 Å². The van der Waals surface area contributed by atoms with Crippen molar-refractivity contribution in [2.75, 3.05) is 4.72 Å². The van der Waals surface area contributed by atoms with Crippen molar-refractivity contribution in [3.8, 4) is 11.1 Å². The molecule has 0 aliphatic carbocycles. The number of aryl methyl sites for hydroxylation is 2. The van der Waals surface area contributed by atoms with Crippen LogP contribution in [0.1, 0.15) is 21.8 Å². The Kier molecular flexibility index (Phi) is 4.98. The Morgan fingerprint density at radius 2 is 1.77 bits per heavy atom. The van der Waals surface area contributed by atoms with Gasteiger partial charge in [0.05, 0.1) is 16.2 Å². The van der Waals surface area contributed by atoms with Gasteiger partial charge in [-0.15, -0.1) is 0 Å². The Balaban J connectivity index is 1.84. The lowest BCUT2D eigenvalue weighted by atomic mass is 9.97. The number of aromatic nitrogens is 1. The maximum atomic E-state index is 13.7. The summed E-state index contributed by atoms with van der Waals surface area (Å²) >= 11 is 0. The van der Waals surface area contributed by atoms with E-state index in [0.717, 1.165) is 23.3 Å². The quantitative estimate of drug-likeness (QED) is 0.463. The standard InChI is InChI=1S/C22H17FN2O5S/c1-12-21(13(2)30-24-12)17-8-10-20(16-6-4-3-5-15(16)17)31(28,29)25-14-7-9-19(23)18(11-14)22(26)27/h3-11,25H,1-2H3,(H,26,27). The summed E-state index contributed by atoms with van der Waals surface area (Å²) in [6.45, 7) is 3.59. The summed E-state index contributed by atoms with van der Waals surface area (Å²) in [6.07, 6.45) is 0. The van der Waals surface area contributed by atoms with Crippen LogP contribution in [-0.2, 0) is 10.0 Å². The lowest BCUT2D eigenvalue weighted by Gasteiger charge is -2.14. The van der Waals surface area contributed by atoms with Gasteiger partial charge in [0.2, 0.25) is 0 Å². The molecule has 158 valence electrons. The van der Waals surface area contributed by atoms with Crippen molar-refractivity contribution in [2.24, 2.45) is 0 Å². The molecule has 2 N–H and O–H groups in total. The number of anilines is 1. The maximum absolute atomic E-state index is 13.7. The number of carbonyl (C=O) groups is 1. The molecule has 31 heavy (non-hydrogen) atoms. The highest BCUT2D eigenvalue weighted by Crippen LogP contribution is 2.36. The molecule has 0 spiro atoms. The summed E-state index contributed by atoms with van der Waals surface area (Å²) in [7, 11) is -4.11. The average molecular weight is 440 g/mol. The minimum absolute atomic E-state index is 0.000176. The van der Waals surface area contributed by atoms with Crippen LogP contribution in [0.4, 0.5) is 10.1 Å². The predicted octanol–water partition coefficient (Wildman–Crippen LogP) is 4.75. The number of nitrogens with one attached hydrogen (secondary N) is 1. The summed E-state index contributed by atoms with van der Waals surface area (Å²) in [5.74, 6) is -1.83. The van der Waals surface area contributed by atoms with Crippen molar-refractivity contribution in [3.63, 3.8) is 0 Å². The number of nitrogens with zero attached hydrogens (tertiary/aromatic N) is 1. The number of sulfonamides is 1. The van der Waals surface area contributed by atoms with Crippen LogP contribution < -0.4 is 4.72 Å². The molecule has 0 amide bonds. The predicted molar refractivity (Wildman–Crippen MR) is 113 cm³/mol. The number of carboxylic acid groups (broad SMARTS) is 1. The van der Waals surface area contributed by atoms with Gasteiger partial charge in [-0.2, -0.15) is 0 Å². The van der Waals surface area contributed by atoms with Gasteiger partial charge in [0.25, 0.3) is 10.0 Å². The fraction of sp³-hybridized carbons (Fsp3) is 0.0909. The number of rotatable bonds is 5. The zero-order valence-corrected chi connectivity index (χ0v) is 17.3. The number of benzene rings is 3. The van der Waals surface area contributed by atoms with E-state index in [9.17, 15) is 17.6 Å². The Labute approximate surface area is 177 Å². The molecule has 1 heterocycles. The van der Waals surface area contributed by atoms with Gasteiger partial charge in [-0.1, -0.05) is 35.5 Å². The smallest absolute Gasteiger partial charge is 0.338 e. The number of carboxylic acids is 1. The molecule has 0 atom stereocenters. The zero-order valence-electron chi connectivity index (χ0n) is 16.5. The number of hydrogen-bond donors (Lipinski definition) is 2. The highest BCUT2D eigenvalue weighted by atomic mass is 32.2. The van der Waals surface area contributed by atoms with Crippen LogP contribution in [0, 0.1) is 19.7 Å². The fourth-order valence-corrected chi connectivity index (χ4v) is 4.82. The summed E-state index contributed by atoms with van der Waals surface area (Å²) < 4.78 is 47.5. The van der Waals surface area contributed by atoms with E-state index in [2.05, 4.69) is 9.88 Å². The van der Waals surface area contributed by atoms with Crippen LogP contribution in [0.2, 0.25) is 0 Å². The van der Waals surface area contributed by atoms with E-state index in [1.54, 1.807) is 44.2 Å². The van der Waals surface area contributed by atoms with Crippen molar-refractivity contribution < 1.29 is 27.2 Å². The third-order valence-corrected chi connectivity index (χ3v) is 6.36. The molecule has 0 saturated heterocycles. The number of halogens is 1. The van der Waals surface area contributed by atoms with E-state index in [1.807, 2.05) is 0 Å². The van der Waals surface area contributed by atoms with Crippen molar-refractivity contribution in [1.82, 2.24) is 5.16 Å². The van der Waals surface area contributed by atoms with Gasteiger partial charge in [0.15, 0.2) is 0 Å². The van der Waals surface area contributed by atoms with Gasteiger partial charge < -0.3 is 9.63 Å². The van der Waals surface area contributed by atoms with Crippen LogP contribution in [0.25, 0.3) is 21.9 Å². The first-order valence-electron chi connectivity index (χ1n) is 9.19. The number of hydrogen-bond acceptors (Lipinski definition) is 5. The van der Waals surface area contributed by atoms with Crippen LogP contribution in [0.15, 0.2) is 64.0 Å².